The molecule has 3 heteroatoms. The molecule has 102 valence electrons. The zero-order valence-electron chi connectivity index (χ0n) is 12.5. The molecule has 1 aromatic rings. The summed E-state index contributed by atoms with van der Waals surface area (Å²) in [6, 6.07) is 4.15. The molecule has 0 atom stereocenters. The highest BCUT2D eigenvalue weighted by Gasteiger charge is 2.14. The lowest BCUT2D eigenvalue weighted by molar-refractivity contribution is 0.411. The molecule has 0 amide bonds. The topological polar surface area (TPSA) is 38.5 Å². The summed E-state index contributed by atoms with van der Waals surface area (Å²) < 4.78 is 5.34. The average Bonchev–Trinajstić information content (AvgIpc) is 2.28. The fraction of sp³-hybridized carbons (Fsp3) is 0.600. The van der Waals surface area contributed by atoms with E-state index in [0.29, 0.717) is 0 Å². The van der Waals surface area contributed by atoms with Crippen molar-refractivity contribution in [2.75, 3.05) is 25.6 Å². The molecule has 1 rings (SSSR count). The summed E-state index contributed by atoms with van der Waals surface area (Å²) >= 11 is 0. The van der Waals surface area contributed by atoms with Gasteiger partial charge >= 0.3 is 0 Å². The van der Waals surface area contributed by atoms with Gasteiger partial charge in [-0.3, -0.25) is 0 Å². The molecule has 0 aliphatic rings. The van der Waals surface area contributed by atoms with Crippen LogP contribution in [0.4, 0.5) is 5.69 Å². The smallest absolute Gasteiger partial charge is 0.122 e. The van der Waals surface area contributed by atoms with Crippen molar-refractivity contribution in [2.45, 2.75) is 39.7 Å². The first kappa shape index (κ1) is 14.8. The molecule has 0 radical (unpaired) electrons. The molecular formula is C15H26N2O. The molecule has 0 saturated carbocycles. The van der Waals surface area contributed by atoms with Gasteiger partial charge in [0, 0.05) is 24.8 Å². The van der Waals surface area contributed by atoms with Gasteiger partial charge in [0.2, 0.25) is 0 Å². The summed E-state index contributed by atoms with van der Waals surface area (Å²) in [5.41, 5.74) is 9.63. The molecule has 18 heavy (non-hydrogen) atoms. The quantitative estimate of drug-likeness (QED) is 0.873. The molecule has 0 saturated heterocycles. The lowest BCUT2D eigenvalue weighted by atomic mass is 10.0. The second kappa shape index (κ2) is 5.61. The second-order valence-electron chi connectivity index (χ2n) is 5.70. The van der Waals surface area contributed by atoms with Gasteiger partial charge in [-0.2, -0.15) is 0 Å². The Kier molecular flexibility index (Phi) is 4.63. The minimum atomic E-state index is -0.121. The number of methoxy groups -OCH3 is 1. The summed E-state index contributed by atoms with van der Waals surface area (Å²) in [6.07, 6.45) is 0.966. The van der Waals surface area contributed by atoms with E-state index in [-0.39, 0.29) is 5.54 Å². The number of nitrogens with two attached hydrogens (primary N) is 1. The van der Waals surface area contributed by atoms with Gasteiger partial charge in [0.25, 0.3) is 0 Å². The van der Waals surface area contributed by atoms with Crippen LogP contribution < -0.4 is 15.4 Å². The highest BCUT2D eigenvalue weighted by Crippen LogP contribution is 2.29. The maximum Gasteiger partial charge on any atom is 0.122 e. The van der Waals surface area contributed by atoms with Gasteiger partial charge in [-0.05, 0) is 57.4 Å². The standard InChI is InChI=1S/C15H26N2O/c1-11-12(2)14(18-6)8-7-13(11)17(5)10-9-15(3,4)16/h7-8H,9-10,16H2,1-6H3. The monoisotopic (exact) mass is 250 g/mol. The van der Waals surface area contributed by atoms with E-state index in [4.69, 9.17) is 10.5 Å². The van der Waals surface area contributed by atoms with Crippen molar-refractivity contribution in [1.82, 2.24) is 0 Å². The predicted octanol–water partition coefficient (Wildman–Crippen LogP) is 2.88. The van der Waals surface area contributed by atoms with Crippen LogP contribution in [-0.4, -0.2) is 26.2 Å². The molecule has 1 aromatic carbocycles. The maximum atomic E-state index is 6.03. The van der Waals surface area contributed by atoms with Crippen molar-refractivity contribution in [2.24, 2.45) is 5.73 Å². The van der Waals surface area contributed by atoms with Crippen LogP contribution in [0, 0.1) is 13.8 Å². The van der Waals surface area contributed by atoms with Gasteiger partial charge in [0.05, 0.1) is 7.11 Å². The summed E-state index contributed by atoms with van der Waals surface area (Å²) in [6.45, 7) is 9.31. The molecule has 0 bridgehead atoms. The van der Waals surface area contributed by atoms with Crippen LogP contribution in [0.2, 0.25) is 0 Å². The van der Waals surface area contributed by atoms with Crippen molar-refractivity contribution in [3.8, 4) is 5.75 Å². The van der Waals surface area contributed by atoms with Gasteiger partial charge in [0.1, 0.15) is 5.75 Å². The highest BCUT2D eigenvalue weighted by molar-refractivity contribution is 5.59. The minimum Gasteiger partial charge on any atom is -0.496 e. The zero-order chi connectivity index (χ0) is 13.9. The molecule has 0 spiro atoms. The van der Waals surface area contributed by atoms with E-state index in [2.05, 4.69) is 45.7 Å². The number of rotatable bonds is 5. The van der Waals surface area contributed by atoms with Crippen molar-refractivity contribution in [3.63, 3.8) is 0 Å². The Labute approximate surface area is 111 Å². The first-order valence-electron chi connectivity index (χ1n) is 6.40. The van der Waals surface area contributed by atoms with E-state index < -0.39 is 0 Å². The van der Waals surface area contributed by atoms with Crippen molar-refractivity contribution in [3.05, 3.63) is 23.3 Å². The van der Waals surface area contributed by atoms with Crippen LogP contribution in [0.25, 0.3) is 0 Å². The molecule has 0 fully saturated rings. The minimum absolute atomic E-state index is 0.121. The normalized spacial score (nSPS) is 11.5. The van der Waals surface area contributed by atoms with Crippen LogP contribution in [-0.2, 0) is 0 Å². The molecule has 3 nitrogen and oxygen atoms in total. The summed E-state index contributed by atoms with van der Waals surface area (Å²) in [5, 5.41) is 0. The Hall–Kier alpha value is -1.22. The van der Waals surface area contributed by atoms with E-state index in [0.717, 1.165) is 18.7 Å². The highest BCUT2D eigenvalue weighted by atomic mass is 16.5. The van der Waals surface area contributed by atoms with E-state index >= 15 is 0 Å². The number of hydrogen-bond donors (Lipinski definition) is 1. The molecule has 0 heterocycles. The average molecular weight is 250 g/mol. The van der Waals surface area contributed by atoms with Gasteiger partial charge in [0.15, 0.2) is 0 Å². The van der Waals surface area contributed by atoms with Crippen molar-refractivity contribution >= 4 is 5.69 Å². The summed E-state index contributed by atoms with van der Waals surface area (Å²) in [7, 11) is 3.82. The number of hydrogen-bond acceptors (Lipinski definition) is 3. The maximum absolute atomic E-state index is 6.03. The van der Waals surface area contributed by atoms with Crippen LogP contribution >= 0.6 is 0 Å². The first-order chi connectivity index (χ1) is 8.26. The third-order valence-corrected chi connectivity index (χ3v) is 3.43. The second-order valence-corrected chi connectivity index (χ2v) is 5.70. The molecular weight excluding hydrogens is 224 g/mol. The Balaban J connectivity index is 2.87. The molecule has 0 aliphatic carbocycles. The van der Waals surface area contributed by atoms with Crippen LogP contribution in [0.5, 0.6) is 5.75 Å². The van der Waals surface area contributed by atoms with Gasteiger partial charge in [-0.1, -0.05) is 0 Å². The molecule has 0 unspecified atom stereocenters. The molecule has 2 N–H and O–H groups in total. The first-order valence-corrected chi connectivity index (χ1v) is 6.40. The Morgan fingerprint density at radius 3 is 2.33 bits per heavy atom. The van der Waals surface area contributed by atoms with Gasteiger partial charge in [-0.25, -0.2) is 0 Å². The Morgan fingerprint density at radius 2 is 1.83 bits per heavy atom. The predicted molar refractivity (Wildman–Crippen MR) is 78.6 cm³/mol. The van der Waals surface area contributed by atoms with E-state index in [1.54, 1.807) is 7.11 Å². The van der Waals surface area contributed by atoms with Crippen LogP contribution in [0.15, 0.2) is 12.1 Å². The van der Waals surface area contributed by atoms with Crippen LogP contribution in [0.1, 0.15) is 31.4 Å². The van der Waals surface area contributed by atoms with Gasteiger partial charge in [-0.15, -0.1) is 0 Å². The largest absolute Gasteiger partial charge is 0.496 e. The third-order valence-electron chi connectivity index (χ3n) is 3.43. The number of anilines is 1. The zero-order valence-corrected chi connectivity index (χ0v) is 12.5. The van der Waals surface area contributed by atoms with E-state index in [1.807, 2.05) is 6.07 Å². The SMILES string of the molecule is COc1ccc(N(C)CCC(C)(C)N)c(C)c1C. The van der Waals surface area contributed by atoms with Crippen molar-refractivity contribution < 1.29 is 4.74 Å². The number of benzene rings is 1. The number of nitrogens with zero attached hydrogens (tertiary/aromatic N) is 1. The number of ether oxygens (including phenoxy) is 1. The Morgan fingerprint density at radius 1 is 1.22 bits per heavy atom. The van der Waals surface area contributed by atoms with Crippen LogP contribution in [0.3, 0.4) is 0 Å². The summed E-state index contributed by atoms with van der Waals surface area (Å²) in [5.74, 6) is 0.948. The lowest BCUT2D eigenvalue weighted by Crippen LogP contribution is -2.36. The Bertz CT molecular complexity index is 408. The molecule has 0 aliphatic heterocycles. The van der Waals surface area contributed by atoms with Gasteiger partial charge < -0.3 is 15.4 Å². The van der Waals surface area contributed by atoms with E-state index in [9.17, 15) is 0 Å². The lowest BCUT2D eigenvalue weighted by Gasteiger charge is -2.27. The van der Waals surface area contributed by atoms with Crippen molar-refractivity contribution in [1.29, 1.82) is 0 Å². The fourth-order valence-corrected chi connectivity index (χ4v) is 1.99. The summed E-state index contributed by atoms with van der Waals surface area (Å²) in [4.78, 5) is 2.26. The third kappa shape index (κ3) is 3.64. The van der Waals surface area contributed by atoms with E-state index in [1.165, 1.54) is 16.8 Å². The fourth-order valence-electron chi connectivity index (χ4n) is 1.99. The molecule has 0 aromatic heterocycles.